The van der Waals surface area contributed by atoms with Crippen molar-refractivity contribution >= 4 is 5.91 Å². The van der Waals surface area contributed by atoms with Crippen LogP contribution < -0.4 is 5.32 Å². The largest absolute Gasteiger partial charge is 0.389 e. The zero-order valence-corrected chi connectivity index (χ0v) is 13.8. The quantitative estimate of drug-likeness (QED) is 0.676. The van der Waals surface area contributed by atoms with E-state index in [1.807, 2.05) is 13.8 Å². The highest BCUT2D eigenvalue weighted by Crippen LogP contribution is 2.25. The maximum Gasteiger partial charge on any atom is 0.236 e. The molecule has 0 bridgehead atoms. The van der Waals surface area contributed by atoms with Gasteiger partial charge in [0.05, 0.1) is 25.4 Å². The number of amides is 1. The van der Waals surface area contributed by atoms with E-state index < -0.39 is 6.10 Å². The number of hydrogen-bond acceptors (Lipinski definition) is 4. The predicted molar refractivity (Wildman–Crippen MR) is 84.2 cm³/mol. The molecule has 0 saturated heterocycles. The first-order valence-electron chi connectivity index (χ1n) is 8.34. The fourth-order valence-corrected chi connectivity index (χ4v) is 2.87. The van der Waals surface area contributed by atoms with Gasteiger partial charge in [0, 0.05) is 19.6 Å². The van der Waals surface area contributed by atoms with Crippen molar-refractivity contribution in [3.8, 4) is 0 Å². The maximum absolute atomic E-state index is 11.8. The summed E-state index contributed by atoms with van der Waals surface area (Å²) in [6, 6.07) is 0. The lowest BCUT2D eigenvalue weighted by Crippen LogP contribution is -2.41. The van der Waals surface area contributed by atoms with Gasteiger partial charge >= 0.3 is 0 Å². The first-order valence-corrected chi connectivity index (χ1v) is 8.34. The molecule has 0 aliphatic heterocycles. The minimum atomic E-state index is -0.549. The van der Waals surface area contributed by atoms with Gasteiger partial charge in [-0.3, -0.25) is 4.79 Å². The number of ether oxygens (including phenoxy) is 1. The SMILES string of the molecule is CCN(CC)C(=O)CNCC(O)COC1CCCC(C)C1. The van der Waals surface area contributed by atoms with Crippen LogP contribution in [-0.4, -0.2) is 60.9 Å². The van der Waals surface area contributed by atoms with Crippen molar-refractivity contribution < 1.29 is 14.6 Å². The Balaban J connectivity index is 2.10. The Hall–Kier alpha value is -0.650. The van der Waals surface area contributed by atoms with Crippen LogP contribution in [0.1, 0.15) is 46.5 Å². The third kappa shape index (κ3) is 7.25. The van der Waals surface area contributed by atoms with Crippen molar-refractivity contribution in [2.45, 2.75) is 58.7 Å². The highest BCUT2D eigenvalue weighted by molar-refractivity contribution is 5.78. The van der Waals surface area contributed by atoms with E-state index in [9.17, 15) is 9.90 Å². The molecular weight excluding hydrogens is 268 g/mol. The van der Waals surface area contributed by atoms with E-state index >= 15 is 0 Å². The number of hydrogen-bond donors (Lipinski definition) is 2. The Kier molecular flexibility index (Phi) is 8.88. The second-order valence-electron chi connectivity index (χ2n) is 6.08. The van der Waals surface area contributed by atoms with Crippen molar-refractivity contribution in [2.75, 3.05) is 32.8 Å². The van der Waals surface area contributed by atoms with E-state index in [-0.39, 0.29) is 12.5 Å². The fourth-order valence-electron chi connectivity index (χ4n) is 2.87. The van der Waals surface area contributed by atoms with Crippen LogP contribution in [0.4, 0.5) is 0 Å². The number of carbonyl (C=O) groups is 1. The van der Waals surface area contributed by atoms with Crippen LogP contribution in [-0.2, 0) is 9.53 Å². The summed E-state index contributed by atoms with van der Waals surface area (Å²) in [6.07, 6.45) is 4.45. The summed E-state index contributed by atoms with van der Waals surface area (Å²) < 4.78 is 5.78. The molecule has 2 N–H and O–H groups in total. The zero-order valence-electron chi connectivity index (χ0n) is 13.8. The normalized spacial score (nSPS) is 23.8. The minimum Gasteiger partial charge on any atom is -0.389 e. The van der Waals surface area contributed by atoms with Crippen LogP contribution in [0.5, 0.6) is 0 Å². The lowest BCUT2D eigenvalue weighted by Gasteiger charge is -2.27. The molecule has 0 spiro atoms. The van der Waals surface area contributed by atoms with Crippen molar-refractivity contribution in [3.63, 3.8) is 0 Å². The molecule has 0 heterocycles. The topological polar surface area (TPSA) is 61.8 Å². The van der Waals surface area contributed by atoms with Crippen LogP contribution in [0.2, 0.25) is 0 Å². The third-order valence-electron chi connectivity index (χ3n) is 4.18. The summed E-state index contributed by atoms with van der Waals surface area (Å²) in [5, 5.41) is 12.9. The van der Waals surface area contributed by atoms with E-state index in [1.54, 1.807) is 4.90 Å². The Morgan fingerprint density at radius 2 is 2.10 bits per heavy atom. The van der Waals surface area contributed by atoms with Crippen LogP contribution in [0, 0.1) is 5.92 Å². The molecule has 0 aromatic carbocycles. The lowest BCUT2D eigenvalue weighted by atomic mass is 9.89. The van der Waals surface area contributed by atoms with Crippen LogP contribution in [0.25, 0.3) is 0 Å². The van der Waals surface area contributed by atoms with Crippen molar-refractivity contribution in [3.05, 3.63) is 0 Å². The Morgan fingerprint density at radius 1 is 1.38 bits per heavy atom. The molecule has 21 heavy (non-hydrogen) atoms. The highest BCUT2D eigenvalue weighted by atomic mass is 16.5. The number of nitrogens with one attached hydrogen (secondary N) is 1. The smallest absolute Gasteiger partial charge is 0.236 e. The second kappa shape index (κ2) is 10.1. The van der Waals surface area contributed by atoms with E-state index in [4.69, 9.17) is 4.74 Å². The van der Waals surface area contributed by atoms with Crippen LogP contribution in [0.15, 0.2) is 0 Å². The van der Waals surface area contributed by atoms with Crippen molar-refractivity contribution in [2.24, 2.45) is 5.92 Å². The highest BCUT2D eigenvalue weighted by Gasteiger charge is 2.20. The standard InChI is InChI=1S/C16H32N2O3/c1-4-18(5-2)16(20)11-17-10-14(19)12-21-15-8-6-7-13(3)9-15/h13-15,17,19H,4-12H2,1-3H3. The molecule has 1 saturated carbocycles. The molecular formula is C16H32N2O3. The molecule has 0 radical (unpaired) electrons. The molecule has 0 aromatic rings. The second-order valence-corrected chi connectivity index (χ2v) is 6.08. The molecule has 124 valence electrons. The molecule has 1 rings (SSSR count). The molecule has 3 atom stereocenters. The number of rotatable bonds is 9. The number of carbonyl (C=O) groups excluding carboxylic acids is 1. The molecule has 1 aliphatic rings. The minimum absolute atomic E-state index is 0.0780. The van der Waals surface area contributed by atoms with Gasteiger partial charge in [-0.05, 0) is 32.6 Å². The molecule has 5 heteroatoms. The summed E-state index contributed by atoms with van der Waals surface area (Å²) in [7, 11) is 0. The maximum atomic E-state index is 11.8. The Labute approximate surface area is 129 Å². The fraction of sp³-hybridized carbons (Fsp3) is 0.938. The molecule has 3 unspecified atom stereocenters. The Morgan fingerprint density at radius 3 is 2.71 bits per heavy atom. The van der Waals surface area contributed by atoms with Gasteiger partial charge in [0.1, 0.15) is 0 Å². The van der Waals surface area contributed by atoms with Gasteiger partial charge in [0.15, 0.2) is 0 Å². The summed E-state index contributed by atoms with van der Waals surface area (Å²) in [5.74, 6) is 0.805. The summed E-state index contributed by atoms with van der Waals surface area (Å²) in [5.41, 5.74) is 0. The summed E-state index contributed by atoms with van der Waals surface area (Å²) in [4.78, 5) is 13.6. The molecule has 1 amide bonds. The lowest BCUT2D eigenvalue weighted by molar-refractivity contribution is -0.129. The van der Waals surface area contributed by atoms with Gasteiger partial charge in [0.2, 0.25) is 5.91 Å². The monoisotopic (exact) mass is 300 g/mol. The first-order chi connectivity index (χ1) is 10.1. The van der Waals surface area contributed by atoms with E-state index in [1.165, 1.54) is 12.8 Å². The molecule has 0 aromatic heterocycles. The van der Waals surface area contributed by atoms with Crippen molar-refractivity contribution in [1.29, 1.82) is 0 Å². The first kappa shape index (κ1) is 18.4. The van der Waals surface area contributed by atoms with Crippen LogP contribution in [0.3, 0.4) is 0 Å². The number of likely N-dealkylation sites (N-methyl/N-ethyl adjacent to an activating group) is 1. The summed E-state index contributed by atoms with van der Waals surface area (Å²) >= 11 is 0. The molecule has 1 aliphatic carbocycles. The number of aliphatic hydroxyl groups excluding tert-OH is 1. The Bertz CT molecular complexity index is 295. The van der Waals surface area contributed by atoms with E-state index in [2.05, 4.69) is 12.2 Å². The van der Waals surface area contributed by atoms with E-state index in [0.29, 0.717) is 19.3 Å². The number of nitrogens with zero attached hydrogens (tertiary/aromatic N) is 1. The van der Waals surface area contributed by atoms with Gasteiger partial charge in [-0.1, -0.05) is 19.8 Å². The molecule has 1 fully saturated rings. The van der Waals surface area contributed by atoms with Crippen LogP contribution >= 0.6 is 0 Å². The van der Waals surface area contributed by atoms with Crippen molar-refractivity contribution in [1.82, 2.24) is 10.2 Å². The van der Waals surface area contributed by atoms with Gasteiger partial charge in [0.25, 0.3) is 0 Å². The van der Waals surface area contributed by atoms with Gasteiger partial charge in [-0.15, -0.1) is 0 Å². The zero-order chi connectivity index (χ0) is 15.7. The predicted octanol–water partition coefficient (Wildman–Crippen LogP) is 1.40. The average molecular weight is 300 g/mol. The third-order valence-corrected chi connectivity index (χ3v) is 4.18. The van der Waals surface area contributed by atoms with Gasteiger partial charge in [-0.2, -0.15) is 0 Å². The average Bonchev–Trinajstić information content (AvgIpc) is 2.46. The molecule has 5 nitrogen and oxygen atoms in total. The summed E-state index contributed by atoms with van der Waals surface area (Å²) in [6.45, 7) is 8.67. The van der Waals surface area contributed by atoms with Gasteiger partial charge < -0.3 is 20.1 Å². The van der Waals surface area contributed by atoms with Gasteiger partial charge in [-0.25, -0.2) is 0 Å². The van der Waals surface area contributed by atoms with E-state index in [0.717, 1.165) is 31.8 Å². The number of aliphatic hydroxyl groups is 1.